The molecule has 6 N–H and O–H groups in total. The van der Waals surface area contributed by atoms with E-state index >= 15 is 0 Å². The molecule has 0 aliphatic rings. The maximum absolute atomic E-state index is 13.5. The number of carbonyl (C=O) groups is 4. The molecule has 49 heavy (non-hydrogen) atoms. The lowest BCUT2D eigenvalue weighted by molar-refractivity contribution is -0.132. The van der Waals surface area contributed by atoms with Crippen LogP contribution in [-0.2, 0) is 42.2 Å². The molecule has 0 aliphatic heterocycles. The molecule has 0 fully saturated rings. The number of hydrogen-bond donors (Lipinski definition) is 5. The zero-order valence-electron chi connectivity index (χ0n) is 27.8. The molecule has 0 saturated carbocycles. The number of hydrogen-bond acceptors (Lipinski definition) is 8. The second-order valence-corrected chi connectivity index (χ2v) is 13.4. The van der Waals surface area contributed by atoms with E-state index in [0.29, 0.717) is 6.29 Å². The van der Waals surface area contributed by atoms with E-state index < -0.39 is 46.1 Å². The third-order valence-corrected chi connectivity index (χ3v) is 8.73. The van der Waals surface area contributed by atoms with Crippen LogP contribution in [0.15, 0.2) is 94.8 Å². The van der Waals surface area contributed by atoms with E-state index in [4.69, 9.17) is 10.5 Å². The molecule has 14 heteroatoms. The number of benzene rings is 3. The van der Waals surface area contributed by atoms with Gasteiger partial charge in [0.1, 0.15) is 25.0 Å². The van der Waals surface area contributed by atoms with E-state index in [-0.39, 0.29) is 49.2 Å². The fourth-order valence-corrected chi connectivity index (χ4v) is 5.63. The summed E-state index contributed by atoms with van der Waals surface area (Å²) in [6.07, 6.45) is 0.312. The van der Waals surface area contributed by atoms with E-state index in [9.17, 15) is 27.6 Å². The van der Waals surface area contributed by atoms with Gasteiger partial charge in [-0.15, -0.1) is 0 Å². The number of ether oxygens (including phenoxy) is 1. The van der Waals surface area contributed by atoms with Gasteiger partial charge in [0.25, 0.3) is 10.0 Å². The minimum atomic E-state index is -3.95. The molecular formula is C35H44N6O7S. The number of nitrogens with two attached hydrogens (primary N) is 1. The topological polar surface area (TPSA) is 198 Å². The zero-order chi connectivity index (χ0) is 35.8. The minimum absolute atomic E-state index is 0.0152. The first kappa shape index (κ1) is 38.2. The van der Waals surface area contributed by atoms with Crippen molar-refractivity contribution in [2.75, 3.05) is 6.54 Å². The Labute approximate surface area is 287 Å². The first-order valence-electron chi connectivity index (χ1n) is 15.8. The molecular weight excluding hydrogens is 648 g/mol. The summed E-state index contributed by atoms with van der Waals surface area (Å²) in [5.74, 6) is -1.92. The monoisotopic (exact) mass is 692 g/mol. The fraction of sp³-hybridized carbons (Fsp3) is 0.343. The highest BCUT2D eigenvalue weighted by molar-refractivity contribution is 7.90. The van der Waals surface area contributed by atoms with Crippen LogP contribution in [0.4, 0.5) is 4.79 Å². The van der Waals surface area contributed by atoms with E-state index in [1.807, 2.05) is 43.3 Å². The van der Waals surface area contributed by atoms with E-state index in [1.54, 1.807) is 50.2 Å². The van der Waals surface area contributed by atoms with Crippen molar-refractivity contribution in [3.8, 4) is 0 Å². The Kier molecular flexibility index (Phi) is 14.8. The number of guanidine groups is 1. The number of aliphatic imine (C=N–C) groups is 1. The second kappa shape index (κ2) is 18.9. The quantitative estimate of drug-likeness (QED) is 0.0616. The maximum atomic E-state index is 13.5. The first-order valence-corrected chi connectivity index (χ1v) is 17.3. The minimum Gasteiger partial charge on any atom is -0.445 e. The number of sulfonamides is 1. The third-order valence-electron chi connectivity index (χ3n) is 7.36. The molecule has 3 aromatic carbocycles. The standard InChI is InChI=1S/C35H44N6O7S/c1-24(2)31(33(44)38-28(22-42)21-26-11-6-4-7-12-26)40-32(43)30(39-35(45)48-23-27-13-8-5-9-14-27)15-10-20-37-34(36)41-49(46,47)29-18-16-25(3)17-19-29/h4-9,11-14,16-19,22,24,28,30-31H,10,15,20-21,23H2,1-3H3,(H,38,44)(H,39,45)(H,40,43)(H3,36,37,41)/t28?,30-,31-/m0/s1. The second-order valence-electron chi connectivity index (χ2n) is 11.8. The summed E-state index contributed by atoms with van der Waals surface area (Å²) in [6, 6.07) is 21.4. The summed E-state index contributed by atoms with van der Waals surface area (Å²) >= 11 is 0. The molecule has 3 atom stereocenters. The van der Waals surface area contributed by atoms with Gasteiger partial charge in [-0.25, -0.2) is 17.9 Å². The van der Waals surface area contributed by atoms with Gasteiger partial charge in [-0.2, -0.15) is 0 Å². The highest BCUT2D eigenvalue weighted by atomic mass is 32.2. The van der Waals surface area contributed by atoms with Crippen LogP contribution in [0.2, 0.25) is 0 Å². The van der Waals surface area contributed by atoms with Crippen molar-refractivity contribution in [1.82, 2.24) is 20.7 Å². The molecule has 0 aromatic heterocycles. The Hall–Kier alpha value is -5.24. The van der Waals surface area contributed by atoms with Crippen LogP contribution in [0.5, 0.6) is 0 Å². The van der Waals surface area contributed by atoms with Crippen molar-refractivity contribution >= 4 is 40.2 Å². The van der Waals surface area contributed by atoms with Gasteiger partial charge in [0.2, 0.25) is 17.8 Å². The average Bonchev–Trinajstić information content (AvgIpc) is 3.07. The fourth-order valence-electron chi connectivity index (χ4n) is 4.68. The third kappa shape index (κ3) is 13.1. The Balaban J connectivity index is 1.66. The lowest BCUT2D eigenvalue weighted by Gasteiger charge is -2.26. The number of nitrogens with one attached hydrogen (secondary N) is 4. The lowest BCUT2D eigenvalue weighted by Crippen LogP contribution is -2.57. The molecule has 0 spiro atoms. The predicted octanol–water partition coefficient (Wildman–Crippen LogP) is 2.73. The van der Waals surface area contributed by atoms with Crippen LogP contribution in [0, 0.1) is 12.8 Å². The number of amides is 3. The highest BCUT2D eigenvalue weighted by Gasteiger charge is 2.30. The normalized spacial score (nSPS) is 13.4. The van der Waals surface area contributed by atoms with Crippen LogP contribution in [0.1, 0.15) is 43.4 Å². The Morgan fingerprint density at radius 3 is 2.06 bits per heavy atom. The summed E-state index contributed by atoms with van der Waals surface area (Å²) in [5.41, 5.74) is 8.33. The van der Waals surface area contributed by atoms with Crippen LogP contribution >= 0.6 is 0 Å². The molecule has 1 unspecified atom stereocenters. The molecule has 0 bridgehead atoms. The van der Waals surface area contributed by atoms with E-state index in [2.05, 4.69) is 25.7 Å². The van der Waals surface area contributed by atoms with Crippen LogP contribution in [-0.4, -0.2) is 63.2 Å². The van der Waals surface area contributed by atoms with Crippen molar-refractivity contribution < 1.29 is 32.3 Å². The molecule has 13 nitrogen and oxygen atoms in total. The smallest absolute Gasteiger partial charge is 0.408 e. The zero-order valence-corrected chi connectivity index (χ0v) is 28.6. The molecule has 0 saturated heterocycles. The van der Waals surface area contributed by atoms with Gasteiger partial charge in [0.05, 0.1) is 10.9 Å². The Morgan fingerprint density at radius 1 is 0.857 bits per heavy atom. The maximum Gasteiger partial charge on any atom is 0.408 e. The van der Waals surface area contributed by atoms with Crippen LogP contribution < -0.4 is 26.4 Å². The highest BCUT2D eigenvalue weighted by Crippen LogP contribution is 2.11. The molecule has 0 aliphatic carbocycles. The van der Waals surface area contributed by atoms with Crippen molar-refractivity contribution in [1.29, 1.82) is 0 Å². The van der Waals surface area contributed by atoms with E-state index in [0.717, 1.165) is 16.7 Å². The van der Waals surface area contributed by atoms with Gasteiger partial charge in [0, 0.05) is 6.54 Å². The average molecular weight is 693 g/mol. The van der Waals surface area contributed by atoms with Crippen LogP contribution in [0.25, 0.3) is 0 Å². The molecule has 3 amide bonds. The summed E-state index contributed by atoms with van der Waals surface area (Å²) in [4.78, 5) is 55.4. The van der Waals surface area contributed by atoms with Gasteiger partial charge in [-0.05, 0) is 55.4 Å². The molecule has 0 heterocycles. The van der Waals surface area contributed by atoms with Crippen LogP contribution in [0.3, 0.4) is 0 Å². The number of alkyl carbamates (subject to hydrolysis) is 1. The summed E-state index contributed by atoms with van der Waals surface area (Å²) in [7, 11) is -3.95. The van der Waals surface area contributed by atoms with Gasteiger partial charge < -0.3 is 31.2 Å². The number of rotatable bonds is 17. The number of carbonyl (C=O) groups excluding carboxylic acids is 4. The van der Waals surface area contributed by atoms with Gasteiger partial charge in [-0.1, -0.05) is 92.2 Å². The summed E-state index contributed by atoms with van der Waals surface area (Å²) in [6.45, 7) is 5.29. The van der Waals surface area contributed by atoms with Crippen molar-refractivity contribution in [3.05, 3.63) is 102 Å². The number of aryl methyl sites for hydroxylation is 1. The first-order chi connectivity index (χ1) is 23.4. The number of nitrogens with zero attached hydrogens (tertiary/aromatic N) is 1. The molecule has 0 radical (unpaired) electrons. The Morgan fingerprint density at radius 2 is 1.47 bits per heavy atom. The molecule has 262 valence electrons. The van der Waals surface area contributed by atoms with Gasteiger partial charge in [-0.3, -0.25) is 14.6 Å². The predicted molar refractivity (Wildman–Crippen MR) is 186 cm³/mol. The lowest BCUT2D eigenvalue weighted by atomic mass is 10.0. The van der Waals surface area contributed by atoms with Gasteiger partial charge >= 0.3 is 6.09 Å². The largest absolute Gasteiger partial charge is 0.445 e. The number of aldehydes is 1. The Bertz CT molecular complexity index is 1670. The molecule has 3 aromatic rings. The summed E-state index contributed by atoms with van der Waals surface area (Å²) < 4.78 is 32.8. The van der Waals surface area contributed by atoms with E-state index in [1.165, 1.54) is 12.1 Å². The molecule has 3 rings (SSSR count). The van der Waals surface area contributed by atoms with Crippen molar-refractivity contribution in [2.24, 2.45) is 16.6 Å². The van der Waals surface area contributed by atoms with Gasteiger partial charge in [0.15, 0.2) is 0 Å². The van der Waals surface area contributed by atoms with Crippen molar-refractivity contribution in [2.45, 2.75) is 69.7 Å². The summed E-state index contributed by atoms with van der Waals surface area (Å²) in [5, 5.41) is 7.95. The van der Waals surface area contributed by atoms with Crippen molar-refractivity contribution in [3.63, 3.8) is 0 Å². The SMILES string of the molecule is Cc1ccc(S(=O)(=O)NC(N)=NCCC[C@H](NC(=O)OCc2ccccc2)C(=O)N[C@H](C(=O)NC(C=O)Cc2ccccc2)C(C)C)cc1.